The number of H-pyrrole nitrogens is 1. The Morgan fingerprint density at radius 3 is 2.94 bits per heavy atom. The average molecular weight is 467 g/mol. The van der Waals surface area contributed by atoms with Gasteiger partial charge in [0.05, 0.1) is 0 Å². The van der Waals surface area contributed by atoms with Crippen LogP contribution in [-0.2, 0) is 4.79 Å². The number of nitrogens with one attached hydrogen (secondary N) is 4. The van der Waals surface area contributed by atoms with Crippen LogP contribution in [0, 0.1) is 11.8 Å². The van der Waals surface area contributed by atoms with Crippen LogP contribution in [0.15, 0.2) is 36.7 Å². The predicted molar refractivity (Wildman–Crippen MR) is 132 cm³/mol. The van der Waals surface area contributed by atoms with E-state index in [1.54, 1.807) is 6.20 Å². The molecular weight excluding hydrogens is 436 g/mol. The first-order valence-corrected chi connectivity index (χ1v) is 12.4. The van der Waals surface area contributed by atoms with Crippen LogP contribution in [-0.4, -0.2) is 46.5 Å². The molecule has 174 valence electrons. The molecule has 1 aliphatic carbocycles. The number of carbonyl (C=O) groups excluding carboxylic acids is 1. The van der Waals surface area contributed by atoms with E-state index < -0.39 is 0 Å². The normalized spacial score (nSPS) is 21.7. The van der Waals surface area contributed by atoms with E-state index in [2.05, 4.69) is 43.0 Å². The number of amides is 1. The summed E-state index contributed by atoms with van der Waals surface area (Å²) in [7, 11) is 0. The fraction of sp³-hybridized carbons (Fsp3) is 0.480. The third-order valence-corrected chi connectivity index (χ3v) is 7.16. The summed E-state index contributed by atoms with van der Waals surface area (Å²) < 4.78 is 0. The molecule has 3 aromatic rings. The molecule has 2 fully saturated rings. The van der Waals surface area contributed by atoms with Crippen LogP contribution in [0.2, 0.25) is 5.15 Å². The van der Waals surface area contributed by atoms with Crippen molar-refractivity contribution in [1.29, 1.82) is 0 Å². The minimum absolute atomic E-state index is 0.164. The van der Waals surface area contributed by atoms with Crippen molar-refractivity contribution in [2.75, 3.05) is 25.0 Å². The number of fused-ring (bicyclic) bond motifs is 1. The van der Waals surface area contributed by atoms with E-state index in [4.69, 9.17) is 11.6 Å². The average Bonchev–Trinajstić information content (AvgIpc) is 3.27. The maximum atomic E-state index is 12.5. The molecule has 4 N–H and O–H groups in total. The lowest BCUT2D eigenvalue weighted by atomic mass is 9.85. The van der Waals surface area contributed by atoms with E-state index >= 15 is 0 Å². The second-order valence-electron chi connectivity index (χ2n) is 9.31. The molecule has 0 radical (unpaired) electrons. The number of piperidine rings is 1. The van der Waals surface area contributed by atoms with E-state index in [1.807, 2.05) is 18.3 Å². The third-order valence-electron chi connectivity index (χ3n) is 6.97. The highest BCUT2D eigenvalue weighted by atomic mass is 35.5. The van der Waals surface area contributed by atoms with Gasteiger partial charge in [0.25, 0.3) is 0 Å². The lowest BCUT2D eigenvalue weighted by Gasteiger charge is -2.31. The lowest BCUT2D eigenvalue weighted by molar-refractivity contribution is -0.126. The zero-order valence-corrected chi connectivity index (χ0v) is 19.5. The molecule has 2 atom stereocenters. The van der Waals surface area contributed by atoms with Gasteiger partial charge in [0.2, 0.25) is 5.91 Å². The van der Waals surface area contributed by atoms with Crippen LogP contribution in [0.4, 0.5) is 5.82 Å². The number of aromatic amines is 1. The Morgan fingerprint density at radius 1 is 1.18 bits per heavy atom. The fourth-order valence-corrected chi connectivity index (χ4v) is 5.42. The highest BCUT2D eigenvalue weighted by molar-refractivity contribution is 6.29. The summed E-state index contributed by atoms with van der Waals surface area (Å²) in [5, 5.41) is 11.7. The monoisotopic (exact) mass is 466 g/mol. The summed E-state index contributed by atoms with van der Waals surface area (Å²) in [6, 6.07) is 8.27. The number of hydrogen-bond donors (Lipinski definition) is 4. The fourth-order valence-electron chi connectivity index (χ4n) is 5.21. The van der Waals surface area contributed by atoms with E-state index in [0.717, 1.165) is 86.1 Å². The first-order chi connectivity index (χ1) is 16.2. The van der Waals surface area contributed by atoms with Crippen LogP contribution in [0.1, 0.15) is 38.5 Å². The van der Waals surface area contributed by atoms with Gasteiger partial charge in [-0.3, -0.25) is 4.79 Å². The van der Waals surface area contributed by atoms with E-state index in [0.29, 0.717) is 17.1 Å². The van der Waals surface area contributed by atoms with Crippen molar-refractivity contribution in [3.63, 3.8) is 0 Å². The van der Waals surface area contributed by atoms with Crippen molar-refractivity contribution in [1.82, 2.24) is 25.6 Å². The van der Waals surface area contributed by atoms with Gasteiger partial charge in [0.1, 0.15) is 16.6 Å². The topological polar surface area (TPSA) is 94.7 Å². The first kappa shape index (κ1) is 22.2. The Morgan fingerprint density at radius 2 is 2.06 bits per heavy atom. The zero-order chi connectivity index (χ0) is 22.6. The molecule has 0 bridgehead atoms. The molecular formula is C25H31ClN6O. The van der Waals surface area contributed by atoms with Gasteiger partial charge in [-0.15, -0.1) is 0 Å². The van der Waals surface area contributed by atoms with Gasteiger partial charge in [-0.2, -0.15) is 0 Å². The molecule has 7 nitrogen and oxygen atoms in total. The maximum absolute atomic E-state index is 12.5. The SMILES string of the molecule is O=C(NCC1CCCC(Nc2cc(-c3c[nH]c4ncccc34)cc(Cl)n2)C1)C1CCNCC1. The molecule has 2 aliphatic rings. The molecule has 1 saturated carbocycles. The van der Waals surface area contributed by atoms with Gasteiger partial charge in [0, 0.05) is 41.8 Å². The number of hydrogen-bond acceptors (Lipinski definition) is 5. The maximum Gasteiger partial charge on any atom is 0.223 e. The number of carbonyl (C=O) groups is 1. The smallest absolute Gasteiger partial charge is 0.223 e. The quantitative estimate of drug-likeness (QED) is 0.405. The molecule has 0 aromatic carbocycles. The van der Waals surface area contributed by atoms with Crippen LogP contribution in [0.3, 0.4) is 0 Å². The Kier molecular flexibility index (Phi) is 6.78. The predicted octanol–water partition coefficient (Wildman–Crippen LogP) is 4.36. The minimum Gasteiger partial charge on any atom is -0.367 e. The molecule has 1 aliphatic heterocycles. The lowest BCUT2D eigenvalue weighted by Crippen LogP contribution is -2.41. The second kappa shape index (κ2) is 10.1. The summed E-state index contributed by atoms with van der Waals surface area (Å²) in [5.41, 5.74) is 2.93. The molecule has 4 heterocycles. The van der Waals surface area contributed by atoms with Crippen molar-refractivity contribution < 1.29 is 4.79 Å². The molecule has 1 amide bonds. The summed E-state index contributed by atoms with van der Waals surface area (Å²) in [4.78, 5) is 24.6. The summed E-state index contributed by atoms with van der Waals surface area (Å²) in [5.74, 6) is 1.67. The number of aromatic nitrogens is 3. The number of rotatable bonds is 6. The number of halogens is 1. The molecule has 3 aromatic heterocycles. The van der Waals surface area contributed by atoms with Crippen LogP contribution in [0.5, 0.6) is 0 Å². The highest BCUT2D eigenvalue weighted by Gasteiger charge is 2.25. The number of nitrogens with zero attached hydrogens (tertiary/aromatic N) is 2. The number of pyridine rings is 2. The van der Waals surface area contributed by atoms with Crippen molar-refractivity contribution >= 4 is 34.4 Å². The largest absolute Gasteiger partial charge is 0.367 e. The van der Waals surface area contributed by atoms with Gasteiger partial charge in [-0.1, -0.05) is 18.0 Å². The second-order valence-corrected chi connectivity index (χ2v) is 9.70. The molecule has 5 rings (SSSR count). The number of anilines is 1. The van der Waals surface area contributed by atoms with Crippen LogP contribution < -0.4 is 16.0 Å². The Labute approximate surface area is 199 Å². The Hall–Kier alpha value is -2.64. The highest BCUT2D eigenvalue weighted by Crippen LogP contribution is 2.32. The van der Waals surface area contributed by atoms with Crippen molar-refractivity contribution in [3.8, 4) is 11.1 Å². The van der Waals surface area contributed by atoms with E-state index in [1.165, 1.54) is 0 Å². The van der Waals surface area contributed by atoms with Gasteiger partial charge >= 0.3 is 0 Å². The third kappa shape index (κ3) is 5.31. The van der Waals surface area contributed by atoms with Crippen molar-refractivity contribution in [2.24, 2.45) is 11.8 Å². The molecule has 0 spiro atoms. The van der Waals surface area contributed by atoms with Crippen molar-refractivity contribution in [2.45, 2.75) is 44.6 Å². The minimum atomic E-state index is 0.164. The van der Waals surface area contributed by atoms with Gasteiger partial charge in [-0.05, 0) is 80.9 Å². The van der Waals surface area contributed by atoms with Gasteiger partial charge < -0.3 is 20.9 Å². The van der Waals surface area contributed by atoms with Crippen LogP contribution >= 0.6 is 11.6 Å². The summed E-state index contributed by atoms with van der Waals surface area (Å²) in [6.45, 7) is 2.64. The molecule has 1 saturated heterocycles. The standard InChI is InChI=1S/C25H31ClN6O/c26-22-12-18(21-15-29-24-20(21)5-2-8-28-24)13-23(32-22)31-19-4-1-3-16(11-19)14-30-25(33)17-6-9-27-10-7-17/h2,5,8,12-13,15-17,19,27H,1,3-4,6-7,9-11,14H2,(H,28,29)(H,30,33)(H,31,32). The van der Waals surface area contributed by atoms with Crippen molar-refractivity contribution in [3.05, 3.63) is 41.8 Å². The van der Waals surface area contributed by atoms with E-state index in [9.17, 15) is 4.79 Å². The Bertz CT molecular complexity index is 1110. The molecule has 2 unspecified atom stereocenters. The van der Waals surface area contributed by atoms with Crippen LogP contribution in [0.25, 0.3) is 22.2 Å². The van der Waals surface area contributed by atoms with Gasteiger partial charge in [-0.25, -0.2) is 9.97 Å². The van der Waals surface area contributed by atoms with Gasteiger partial charge in [0.15, 0.2) is 0 Å². The zero-order valence-electron chi connectivity index (χ0n) is 18.7. The Balaban J connectivity index is 1.22. The molecule has 8 heteroatoms. The molecule has 33 heavy (non-hydrogen) atoms. The van der Waals surface area contributed by atoms with E-state index in [-0.39, 0.29) is 11.8 Å². The first-order valence-electron chi connectivity index (χ1n) is 12.0. The summed E-state index contributed by atoms with van der Waals surface area (Å²) >= 11 is 6.39. The summed E-state index contributed by atoms with van der Waals surface area (Å²) in [6.07, 6.45) is 10.0.